The van der Waals surface area contributed by atoms with Crippen LogP contribution in [0.2, 0.25) is 0 Å². The second-order valence-corrected chi connectivity index (χ2v) is 7.32. The van der Waals surface area contributed by atoms with Crippen LogP contribution in [0.4, 0.5) is 16.2 Å². The molecule has 0 aliphatic heterocycles. The van der Waals surface area contributed by atoms with Gasteiger partial charge in [0.1, 0.15) is 0 Å². The van der Waals surface area contributed by atoms with Gasteiger partial charge >= 0.3 is 16.1 Å². The van der Waals surface area contributed by atoms with E-state index in [-0.39, 0.29) is 10.9 Å². The minimum atomic E-state index is -3.80. The van der Waals surface area contributed by atoms with Crippen molar-refractivity contribution in [1.29, 1.82) is 0 Å². The summed E-state index contributed by atoms with van der Waals surface area (Å²) in [6.07, 6.45) is 2.77. The van der Waals surface area contributed by atoms with Crippen LogP contribution in [-0.2, 0) is 10.0 Å². The predicted molar refractivity (Wildman–Crippen MR) is 93.8 cm³/mol. The van der Waals surface area contributed by atoms with Crippen LogP contribution in [0.15, 0.2) is 47.6 Å². The van der Waals surface area contributed by atoms with Crippen molar-refractivity contribution in [2.75, 3.05) is 5.32 Å². The van der Waals surface area contributed by atoms with E-state index in [1.807, 2.05) is 31.2 Å². The number of rotatable bonds is 5. The summed E-state index contributed by atoms with van der Waals surface area (Å²) in [6.45, 7) is 5.47. The number of nitrogens with one attached hydrogen (secondary N) is 3. The van der Waals surface area contributed by atoms with E-state index in [0.717, 1.165) is 11.3 Å². The fourth-order valence-electron chi connectivity index (χ4n) is 2.05. The molecule has 1 aromatic heterocycles. The predicted octanol–water partition coefficient (Wildman–Crippen LogP) is 2.69. The van der Waals surface area contributed by atoms with Crippen molar-refractivity contribution in [2.24, 2.45) is 0 Å². The van der Waals surface area contributed by atoms with E-state index < -0.39 is 16.1 Å². The first-order valence-corrected chi connectivity index (χ1v) is 8.92. The molecule has 7 nitrogen and oxygen atoms in total. The molecule has 8 heteroatoms. The summed E-state index contributed by atoms with van der Waals surface area (Å²) in [5.41, 5.74) is 2.21. The lowest BCUT2D eigenvalue weighted by molar-refractivity contribution is 0.243. The summed E-state index contributed by atoms with van der Waals surface area (Å²) < 4.78 is 24.9. The van der Waals surface area contributed by atoms with E-state index in [0.29, 0.717) is 5.69 Å². The monoisotopic (exact) mass is 349 g/mol. The van der Waals surface area contributed by atoms with Crippen molar-refractivity contribution in [2.45, 2.75) is 31.7 Å². The highest BCUT2D eigenvalue weighted by Crippen LogP contribution is 2.24. The Kier molecular flexibility index (Phi) is 5.40. The number of pyridine rings is 1. The maximum atomic E-state index is 12.6. The van der Waals surface area contributed by atoms with E-state index in [9.17, 15) is 13.2 Å². The Morgan fingerprint density at radius 2 is 2.04 bits per heavy atom. The number of nitrogens with zero attached hydrogens (tertiary/aromatic N) is 1. The lowest BCUT2D eigenvalue weighted by Gasteiger charge is -2.12. The molecule has 0 saturated heterocycles. The molecule has 0 radical (unpaired) electrons. The number of aryl methyl sites for hydroxylation is 1. The molecule has 1 unspecified atom stereocenters. The first-order chi connectivity index (χ1) is 11.3. The van der Waals surface area contributed by atoms with Crippen LogP contribution in [0.1, 0.15) is 19.4 Å². The van der Waals surface area contributed by atoms with Crippen molar-refractivity contribution in [3.05, 3.63) is 48.3 Å². The van der Waals surface area contributed by atoms with E-state index in [1.54, 1.807) is 19.9 Å². The zero-order chi connectivity index (χ0) is 17.7. The minimum Gasteiger partial charge on any atom is -0.354 e. The fraction of sp³-hybridized carbons (Fsp3) is 0.250. The highest BCUT2D eigenvalue weighted by atomic mass is 32.2. The normalized spacial score (nSPS) is 13.2. The SMILES string of the molecule is Cc1cccc(Nc2ccncc2S(=O)(=[OH+])NC(=O)NC(C)C)c1. The molecule has 1 aromatic carbocycles. The molecular formula is C16H21N4O3S+. The van der Waals surface area contributed by atoms with Crippen molar-refractivity contribution in [1.82, 2.24) is 15.0 Å². The average Bonchev–Trinajstić information content (AvgIpc) is 2.46. The molecule has 0 fully saturated rings. The number of anilines is 2. The standard InChI is InChI=1S/C16H20N4O3S/c1-11(2)18-16(21)20-24(22,23)15-10-17-8-7-14(15)19-13-6-4-5-12(3)9-13/h4-11H,1-3H3,(H,17,19)(H2,18,20,21,22,23)/p+1. The molecule has 24 heavy (non-hydrogen) atoms. The Balaban J connectivity index is 2.29. The summed E-state index contributed by atoms with van der Waals surface area (Å²) in [5.74, 6) is 0. The average molecular weight is 349 g/mol. The van der Waals surface area contributed by atoms with Crippen LogP contribution in [-0.4, -0.2) is 25.5 Å². The van der Waals surface area contributed by atoms with Gasteiger partial charge in [-0.05, 0) is 44.5 Å². The number of carbonyl (C=O) groups is 1. The van der Waals surface area contributed by atoms with Crippen molar-refractivity contribution >= 4 is 27.4 Å². The van der Waals surface area contributed by atoms with E-state index in [1.165, 1.54) is 12.4 Å². The van der Waals surface area contributed by atoms with Crippen molar-refractivity contribution in [3.8, 4) is 0 Å². The molecule has 1 atom stereocenters. The quantitative estimate of drug-likeness (QED) is 0.722. The van der Waals surface area contributed by atoms with Gasteiger partial charge in [0.15, 0.2) is 4.90 Å². The minimum absolute atomic E-state index is 0.00501. The van der Waals surface area contributed by atoms with Crippen LogP contribution in [0.3, 0.4) is 0 Å². The Morgan fingerprint density at radius 1 is 1.29 bits per heavy atom. The molecule has 1 heterocycles. The smallest absolute Gasteiger partial charge is 0.354 e. The lowest BCUT2D eigenvalue weighted by Crippen LogP contribution is -2.42. The fourth-order valence-corrected chi connectivity index (χ4v) is 3.10. The maximum absolute atomic E-state index is 12.6. The first-order valence-electron chi connectivity index (χ1n) is 7.40. The topological polar surface area (TPSA) is 105 Å². The number of hydrogen-bond acceptors (Lipinski definition) is 4. The Bertz CT molecular complexity index is 835. The zero-order valence-corrected chi connectivity index (χ0v) is 14.6. The van der Waals surface area contributed by atoms with Crippen molar-refractivity contribution in [3.63, 3.8) is 0 Å². The molecule has 0 saturated carbocycles. The number of hydrogen-bond donors (Lipinski definition) is 3. The molecule has 2 amide bonds. The maximum Gasteiger partial charge on any atom is 0.403 e. The molecule has 0 aliphatic carbocycles. The van der Waals surface area contributed by atoms with Crippen LogP contribution >= 0.6 is 0 Å². The van der Waals surface area contributed by atoms with Gasteiger partial charge in [-0.1, -0.05) is 12.1 Å². The van der Waals surface area contributed by atoms with Crippen molar-refractivity contribution < 1.29 is 13.2 Å². The van der Waals surface area contributed by atoms with Gasteiger partial charge in [0.25, 0.3) is 0 Å². The molecule has 4 N–H and O–H groups in total. The van der Waals surface area contributed by atoms with Gasteiger partial charge in [-0.25, -0.2) is 9.00 Å². The molecule has 128 valence electrons. The number of carbonyl (C=O) groups excluding carboxylic acids is 1. The highest BCUT2D eigenvalue weighted by Gasteiger charge is 2.27. The summed E-state index contributed by atoms with van der Waals surface area (Å²) in [4.78, 5) is 15.6. The van der Waals surface area contributed by atoms with Gasteiger partial charge in [0.05, 0.1) is 11.9 Å². The summed E-state index contributed by atoms with van der Waals surface area (Å²) >= 11 is 0. The van der Waals surface area contributed by atoms with Crippen LogP contribution < -0.4 is 15.4 Å². The zero-order valence-electron chi connectivity index (χ0n) is 13.7. The Morgan fingerprint density at radius 3 is 2.71 bits per heavy atom. The number of amides is 2. The van der Waals surface area contributed by atoms with Gasteiger partial charge in [-0.2, -0.15) is 8.93 Å². The molecule has 0 bridgehead atoms. The van der Waals surface area contributed by atoms with E-state index >= 15 is 0 Å². The number of benzene rings is 1. The first kappa shape index (κ1) is 17.7. The Labute approximate surface area is 141 Å². The van der Waals surface area contributed by atoms with Gasteiger partial charge in [0.2, 0.25) is 0 Å². The van der Waals surface area contributed by atoms with Gasteiger partial charge < -0.3 is 10.6 Å². The van der Waals surface area contributed by atoms with Gasteiger partial charge in [0, 0.05) is 17.9 Å². The van der Waals surface area contributed by atoms with Crippen LogP contribution in [0.25, 0.3) is 0 Å². The summed E-state index contributed by atoms with van der Waals surface area (Å²) in [6, 6.07) is 8.28. The second-order valence-electron chi connectivity index (χ2n) is 5.62. The largest absolute Gasteiger partial charge is 0.403 e. The number of urea groups is 1. The third-order valence-corrected chi connectivity index (χ3v) is 4.41. The van der Waals surface area contributed by atoms with Crippen LogP contribution in [0, 0.1) is 6.92 Å². The molecule has 0 spiro atoms. The second kappa shape index (κ2) is 7.31. The van der Waals surface area contributed by atoms with Gasteiger partial charge in [-0.15, -0.1) is 0 Å². The third kappa shape index (κ3) is 4.69. The molecule has 2 aromatic rings. The van der Waals surface area contributed by atoms with E-state index in [2.05, 4.69) is 20.3 Å². The highest BCUT2D eigenvalue weighted by molar-refractivity contribution is 7.90. The van der Waals surface area contributed by atoms with Gasteiger partial charge in [-0.3, -0.25) is 4.98 Å². The number of aromatic nitrogens is 1. The summed E-state index contributed by atoms with van der Waals surface area (Å²) in [5, 5.41) is 5.60. The van der Waals surface area contributed by atoms with Crippen LogP contribution in [0.5, 0.6) is 0 Å². The third-order valence-electron chi connectivity index (χ3n) is 3.03. The molecule has 2 rings (SSSR count). The van der Waals surface area contributed by atoms with E-state index in [4.69, 9.17) is 0 Å². The summed E-state index contributed by atoms with van der Waals surface area (Å²) in [7, 11) is -3.80. The molecule has 0 aliphatic rings. The molecular weight excluding hydrogens is 328 g/mol. The lowest BCUT2D eigenvalue weighted by atomic mass is 10.2. The Hall–Kier alpha value is -2.61.